The van der Waals surface area contributed by atoms with E-state index in [1.54, 1.807) is 42.6 Å². The number of hydrogen-bond donors (Lipinski definition) is 0. The van der Waals surface area contributed by atoms with Crippen LogP contribution in [0.1, 0.15) is 43.8 Å². The molecule has 32 heavy (non-hydrogen) atoms. The molecule has 0 N–H and O–H groups in total. The Labute approximate surface area is 186 Å². The number of ether oxygens (including phenoxy) is 1. The monoisotopic (exact) mass is 428 g/mol. The molecule has 0 atom stereocenters. The van der Waals surface area contributed by atoms with Gasteiger partial charge >= 0.3 is 0 Å². The van der Waals surface area contributed by atoms with Crippen LogP contribution in [0.5, 0.6) is 5.75 Å². The van der Waals surface area contributed by atoms with E-state index in [9.17, 15) is 4.79 Å². The lowest BCUT2D eigenvalue weighted by Crippen LogP contribution is -2.17. The largest absolute Gasteiger partial charge is 0.494 e. The van der Waals surface area contributed by atoms with Crippen molar-refractivity contribution in [2.75, 3.05) is 7.11 Å². The van der Waals surface area contributed by atoms with Gasteiger partial charge in [-0.05, 0) is 19.4 Å². The van der Waals surface area contributed by atoms with Crippen LogP contribution in [0.2, 0.25) is 0 Å². The highest BCUT2D eigenvalue weighted by Crippen LogP contribution is 2.19. The minimum Gasteiger partial charge on any atom is -0.494 e. The maximum Gasteiger partial charge on any atom is 0.203 e. The summed E-state index contributed by atoms with van der Waals surface area (Å²) in [4.78, 5) is 25.3. The van der Waals surface area contributed by atoms with Crippen LogP contribution >= 0.6 is 0 Å². The van der Waals surface area contributed by atoms with Crippen molar-refractivity contribution in [2.45, 2.75) is 33.1 Å². The molecule has 0 bridgehead atoms. The molecule has 0 unspecified atom stereocenters. The van der Waals surface area contributed by atoms with E-state index in [0.717, 1.165) is 24.0 Å². The summed E-state index contributed by atoms with van der Waals surface area (Å²) in [5.41, 5.74) is 3.22. The molecule has 3 aromatic rings. The molecule has 0 fully saturated rings. The minimum absolute atomic E-state index is 0.143. The molecular weight excluding hydrogens is 404 g/mol. The highest BCUT2D eigenvalue weighted by atomic mass is 16.5. The zero-order valence-corrected chi connectivity index (χ0v) is 18.3. The van der Waals surface area contributed by atoms with Gasteiger partial charge in [0.1, 0.15) is 11.8 Å². The number of allylic oxidation sites excluding steroid dienone is 4. The van der Waals surface area contributed by atoms with Crippen molar-refractivity contribution in [3.05, 3.63) is 88.1 Å². The summed E-state index contributed by atoms with van der Waals surface area (Å²) >= 11 is 0. The summed E-state index contributed by atoms with van der Waals surface area (Å²) < 4.78 is 6.70. The molecule has 0 amide bonds. The highest BCUT2D eigenvalue weighted by Gasteiger charge is 2.10. The van der Waals surface area contributed by atoms with Gasteiger partial charge in [0, 0.05) is 30.5 Å². The third kappa shape index (κ3) is 5.52. The molecule has 3 aromatic heterocycles. The highest BCUT2D eigenvalue weighted by molar-refractivity contribution is 5.70. The fourth-order valence-corrected chi connectivity index (χ4v) is 3.14. The Kier molecular flexibility index (Phi) is 7.60. The van der Waals surface area contributed by atoms with E-state index in [-0.39, 0.29) is 5.43 Å². The number of methoxy groups -OCH3 is 1. The number of nitrogens with zero attached hydrogens (tertiary/aromatic N) is 6. The van der Waals surface area contributed by atoms with Gasteiger partial charge in [-0.25, -0.2) is 14.6 Å². The third-order valence-electron chi connectivity index (χ3n) is 4.76. The van der Waals surface area contributed by atoms with Gasteiger partial charge in [-0.1, -0.05) is 31.1 Å². The zero-order chi connectivity index (χ0) is 22.9. The molecular formula is C24H24N6O2. The third-order valence-corrected chi connectivity index (χ3v) is 4.76. The van der Waals surface area contributed by atoms with Crippen molar-refractivity contribution in [3.63, 3.8) is 0 Å². The molecule has 0 spiro atoms. The summed E-state index contributed by atoms with van der Waals surface area (Å²) in [6.45, 7) is 4.01. The van der Waals surface area contributed by atoms with E-state index >= 15 is 0 Å². The summed E-state index contributed by atoms with van der Waals surface area (Å²) in [6, 6.07) is 5.22. The molecule has 0 aromatic carbocycles. The number of pyridine rings is 1. The van der Waals surface area contributed by atoms with Gasteiger partial charge in [-0.3, -0.25) is 9.78 Å². The molecule has 0 radical (unpaired) electrons. The predicted octanol–water partition coefficient (Wildman–Crippen LogP) is 3.67. The minimum atomic E-state index is -0.143. The Hall–Kier alpha value is -4.12. The van der Waals surface area contributed by atoms with Crippen LogP contribution in [-0.4, -0.2) is 31.8 Å². The van der Waals surface area contributed by atoms with Gasteiger partial charge in [-0.2, -0.15) is 10.4 Å². The van der Waals surface area contributed by atoms with Crippen LogP contribution in [0.15, 0.2) is 65.6 Å². The lowest BCUT2D eigenvalue weighted by molar-refractivity contribution is 0.410. The van der Waals surface area contributed by atoms with Gasteiger partial charge in [0.25, 0.3) is 0 Å². The van der Waals surface area contributed by atoms with Crippen LogP contribution in [0.25, 0.3) is 11.3 Å². The molecule has 0 aliphatic carbocycles. The van der Waals surface area contributed by atoms with Crippen molar-refractivity contribution >= 4 is 5.57 Å². The number of hydrogen-bond acceptors (Lipinski definition) is 7. The van der Waals surface area contributed by atoms with E-state index < -0.39 is 0 Å². The van der Waals surface area contributed by atoms with Crippen molar-refractivity contribution in [1.29, 1.82) is 5.26 Å². The van der Waals surface area contributed by atoms with Crippen molar-refractivity contribution in [1.82, 2.24) is 24.7 Å². The van der Waals surface area contributed by atoms with Gasteiger partial charge in [0.2, 0.25) is 5.43 Å². The predicted molar refractivity (Wildman–Crippen MR) is 121 cm³/mol. The molecule has 3 heterocycles. The number of nitriles is 1. The summed E-state index contributed by atoms with van der Waals surface area (Å²) in [5, 5.41) is 13.6. The van der Waals surface area contributed by atoms with Gasteiger partial charge in [0.05, 0.1) is 37.0 Å². The summed E-state index contributed by atoms with van der Waals surface area (Å²) in [6.07, 6.45) is 14.0. The van der Waals surface area contributed by atoms with E-state index in [1.165, 1.54) is 12.3 Å². The van der Waals surface area contributed by atoms with E-state index in [1.807, 2.05) is 19.1 Å². The topological polar surface area (TPSA) is 107 Å². The molecule has 3 rings (SSSR count). The lowest BCUT2D eigenvalue weighted by atomic mass is 10.0. The first-order chi connectivity index (χ1) is 15.6. The Morgan fingerprint density at radius 2 is 2.03 bits per heavy atom. The average Bonchev–Trinajstić information content (AvgIpc) is 2.84. The molecule has 162 valence electrons. The first kappa shape index (κ1) is 22.6. The summed E-state index contributed by atoms with van der Waals surface area (Å²) in [5.74, 6) is 1.17. The van der Waals surface area contributed by atoms with Gasteiger partial charge < -0.3 is 4.74 Å². The van der Waals surface area contributed by atoms with Crippen molar-refractivity contribution in [2.24, 2.45) is 0 Å². The zero-order valence-electron chi connectivity index (χ0n) is 18.3. The van der Waals surface area contributed by atoms with Crippen LogP contribution in [0.3, 0.4) is 0 Å². The first-order valence-corrected chi connectivity index (χ1v) is 10.2. The van der Waals surface area contributed by atoms with Crippen LogP contribution < -0.4 is 10.2 Å². The van der Waals surface area contributed by atoms with Crippen LogP contribution in [0, 0.1) is 11.3 Å². The maximum atomic E-state index is 12.5. The number of rotatable bonds is 8. The fourth-order valence-electron chi connectivity index (χ4n) is 3.14. The second-order valence-corrected chi connectivity index (χ2v) is 7.03. The Morgan fingerprint density at radius 3 is 2.69 bits per heavy atom. The second-order valence-electron chi connectivity index (χ2n) is 7.03. The molecule has 0 aliphatic rings. The normalized spacial score (nSPS) is 11.8. The Bertz CT molecular complexity index is 1240. The van der Waals surface area contributed by atoms with Gasteiger partial charge in [0.15, 0.2) is 11.6 Å². The molecule has 0 saturated heterocycles. The quantitative estimate of drug-likeness (QED) is 0.504. The van der Waals surface area contributed by atoms with E-state index in [0.29, 0.717) is 34.9 Å². The van der Waals surface area contributed by atoms with E-state index in [4.69, 9.17) is 10.00 Å². The van der Waals surface area contributed by atoms with Crippen LogP contribution in [-0.2, 0) is 6.42 Å². The smallest absolute Gasteiger partial charge is 0.203 e. The van der Waals surface area contributed by atoms with Crippen molar-refractivity contribution < 1.29 is 4.74 Å². The standard InChI is InChI=1S/C24H24N6O2/c1-4-6-17(9-19(5-2)24-27-15-21(32-3)16-28-24)11-22-23(31)7-8-30(29-22)20-10-18(12-25)13-26-14-20/h5,7-10,13-16H,4,6,11H2,1-3H3. The van der Waals surface area contributed by atoms with E-state index in [2.05, 4.69) is 33.0 Å². The molecule has 8 nitrogen and oxygen atoms in total. The maximum absolute atomic E-state index is 12.5. The Balaban J connectivity index is 1.94. The lowest BCUT2D eigenvalue weighted by Gasteiger charge is -2.10. The molecule has 0 aliphatic heterocycles. The Morgan fingerprint density at radius 1 is 1.25 bits per heavy atom. The average molecular weight is 428 g/mol. The van der Waals surface area contributed by atoms with Crippen LogP contribution in [0.4, 0.5) is 0 Å². The first-order valence-electron chi connectivity index (χ1n) is 10.2. The van der Waals surface area contributed by atoms with Crippen molar-refractivity contribution in [3.8, 4) is 17.5 Å². The number of aromatic nitrogens is 5. The van der Waals surface area contributed by atoms with Gasteiger partial charge in [-0.15, -0.1) is 0 Å². The second kappa shape index (κ2) is 10.8. The summed E-state index contributed by atoms with van der Waals surface area (Å²) in [7, 11) is 1.57. The SMILES string of the molecule is CC=C(C=C(CCC)Cc1nn(-c2cncc(C#N)c2)ccc1=O)c1ncc(OC)cn1. The fraction of sp³-hybridized carbons (Fsp3) is 0.250. The molecule has 8 heteroatoms. The molecule has 0 saturated carbocycles.